The second-order valence-corrected chi connectivity index (χ2v) is 8.90. The smallest absolute Gasteiger partial charge is 0.185 e. The number of carbonyl (C=O) groups is 1. The first-order valence-corrected chi connectivity index (χ1v) is 10.4. The van der Waals surface area contributed by atoms with E-state index in [2.05, 4.69) is 20.8 Å². The van der Waals surface area contributed by atoms with Gasteiger partial charge >= 0.3 is 0 Å². The van der Waals surface area contributed by atoms with Crippen LogP contribution >= 0.6 is 0 Å². The second-order valence-electron chi connectivity index (χ2n) is 8.90. The molecule has 0 bridgehead atoms. The molecule has 0 aromatic heterocycles. The molecule has 0 amide bonds. The Bertz CT molecular complexity index is 853. The van der Waals surface area contributed by atoms with E-state index in [-0.39, 0.29) is 23.4 Å². The lowest BCUT2D eigenvalue weighted by Crippen LogP contribution is -2.19. The van der Waals surface area contributed by atoms with E-state index in [1.165, 1.54) is 0 Å². The molecule has 0 N–H and O–H groups in total. The Hall–Kier alpha value is -2.75. The van der Waals surface area contributed by atoms with Gasteiger partial charge in [0.05, 0.1) is 19.3 Å². The quantitative estimate of drug-likeness (QED) is 0.370. The first-order chi connectivity index (χ1) is 14.0. The summed E-state index contributed by atoms with van der Waals surface area (Å²) < 4.78 is 17.4. The summed E-state index contributed by atoms with van der Waals surface area (Å²) >= 11 is 0. The fourth-order valence-electron chi connectivity index (χ4n) is 3.16. The highest BCUT2D eigenvalue weighted by Gasteiger charge is 2.26. The van der Waals surface area contributed by atoms with Gasteiger partial charge in [0.1, 0.15) is 17.2 Å². The minimum atomic E-state index is -0.157. The summed E-state index contributed by atoms with van der Waals surface area (Å²) in [5, 5.41) is 0. The summed E-state index contributed by atoms with van der Waals surface area (Å²) in [6.45, 7) is 14.5. The standard InChI is InChI=1S/C26H34O4/c1-17(2)29-23-15-19(16-24(30-18(3)4)25(23)26(5,6)7)9-14-22(27)20-10-12-21(28-8)13-11-20/h9-18H,1-8H3/b14-9+. The molecule has 0 radical (unpaired) electrons. The van der Waals surface area contributed by atoms with Crippen molar-refractivity contribution < 1.29 is 19.0 Å². The van der Waals surface area contributed by atoms with Gasteiger partial charge in [0.15, 0.2) is 5.78 Å². The van der Waals surface area contributed by atoms with E-state index >= 15 is 0 Å². The van der Waals surface area contributed by atoms with Crippen molar-refractivity contribution in [3.8, 4) is 17.2 Å². The Labute approximate surface area is 180 Å². The van der Waals surface area contributed by atoms with Gasteiger partial charge in [-0.2, -0.15) is 0 Å². The van der Waals surface area contributed by atoms with Crippen LogP contribution in [0, 0.1) is 0 Å². The number of allylic oxidation sites excluding steroid dienone is 1. The van der Waals surface area contributed by atoms with Gasteiger partial charge in [-0.3, -0.25) is 4.79 Å². The van der Waals surface area contributed by atoms with E-state index in [1.807, 2.05) is 39.8 Å². The van der Waals surface area contributed by atoms with Crippen LogP contribution in [-0.4, -0.2) is 25.1 Å². The molecule has 0 heterocycles. The molecule has 0 aliphatic rings. The van der Waals surface area contributed by atoms with Gasteiger partial charge in [-0.1, -0.05) is 26.8 Å². The molecule has 2 rings (SSSR count). The van der Waals surface area contributed by atoms with Crippen LogP contribution in [0.2, 0.25) is 0 Å². The Morgan fingerprint density at radius 1 is 0.900 bits per heavy atom. The number of benzene rings is 2. The van der Waals surface area contributed by atoms with Gasteiger partial charge in [0.2, 0.25) is 0 Å². The average Bonchev–Trinajstić information content (AvgIpc) is 2.64. The van der Waals surface area contributed by atoms with Crippen LogP contribution in [0.1, 0.15) is 70.0 Å². The zero-order valence-corrected chi connectivity index (χ0v) is 19.4. The third-order valence-corrected chi connectivity index (χ3v) is 4.37. The first kappa shape index (κ1) is 23.5. The SMILES string of the molecule is COc1ccc(C(=O)/C=C/c2cc(OC(C)C)c(C(C)(C)C)c(OC(C)C)c2)cc1. The molecule has 0 saturated heterocycles. The van der Waals surface area contributed by atoms with Crippen molar-refractivity contribution in [2.75, 3.05) is 7.11 Å². The largest absolute Gasteiger partial charge is 0.497 e. The van der Waals surface area contributed by atoms with E-state index < -0.39 is 0 Å². The number of hydrogen-bond donors (Lipinski definition) is 0. The van der Waals surface area contributed by atoms with Gasteiger partial charge < -0.3 is 14.2 Å². The van der Waals surface area contributed by atoms with Crippen molar-refractivity contribution in [3.05, 3.63) is 59.2 Å². The molecule has 0 aliphatic carbocycles. The van der Waals surface area contributed by atoms with Crippen LogP contribution in [0.4, 0.5) is 0 Å². The predicted octanol–water partition coefficient (Wildman–Crippen LogP) is 6.46. The number of carbonyl (C=O) groups excluding carboxylic acids is 1. The average molecular weight is 411 g/mol. The summed E-state index contributed by atoms with van der Waals surface area (Å²) in [4.78, 5) is 12.6. The Kier molecular flexibility index (Phi) is 7.71. The summed E-state index contributed by atoms with van der Waals surface area (Å²) in [6.07, 6.45) is 3.43. The topological polar surface area (TPSA) is 44.8 Å². The fraction of sp³-hybridized carbons (Fsp3) is 0.423. The molecular weight excluding hydrogens is 376 g/mol. The lowest BCUT2D eigenvalue weighted by atomic mass is 9.84. The maximum Gasteiger partial charge on any atom is 0.185 e. The van der Waals surface area contributed by atoms with Crippen molar-refractivity contribution in [3.63, 3.8) is 0 Å². The zero-order chi connectivity index (χ0) is 22.5. The van der Waals surface area contributed by atoms with Crippen molar-refractivity contribution in [1.29, 1.82) is 0 Å². The van der Waals surface area contributed by atoms with Gasteiger partial charge in [-0.05, 0) is 81.1 Å². The van der Waals surface area contributed by atoms with Crippen LogP contribution in [0.25, 0.3) is 6.08 Å². The summed E-state index contributed by atoms with van der Waals surface area (Å²) in [6, 6.07) is 11.0. The Morgan fingerprint density at radius 2 is 1.40 bits per heavy atom. The third kappa shape index (κ3) is 6.38. The molecule has 0 unspecified atom stereocenters. The molecule has 0 saturated carbocycles. The van der Waals surface area contributed by atoms with E-state index in [0.717, 1.165) is 28.4 Å². The molecule has 0 aliphatic heterocycles. The molecule has 0 fully saturated rings. The molecule has 162 valence electrons. The van der Waals surface area contributed by atoms with Gasteiger partial charge in [0.25, 0.3) is 0 Å². The summed E-state index contributed by atoms with van der Waals surface area (Å²) in [5.74, 6) is 2.22. The van der Waals surface area contributed by atoms with E-state index in [0.29, 0.717) is 5.56 Å². The van der Waals surface area contributed by atoms with Gasteiger partial charge in [-0.15, -0.1) is 0 Å². The first-order valence-electron chi connectivity index (χ1n) is 10.4. The van der Waals surface area contributed by atoms with Crippen molar-refractivity contribution >= 4 is 11.9 Å². The summed E-state index contributed by atoms with van der Waals surface area (Å²) in [7, 11) is 1.60. The molecule has 0 atom stereocenters. The molecule has 4 nitrogen and oxygen atoms in total. The highest BCUT2D eigenvalue weighted by molar-refractivity contribution is 6.06. The molecular formula is C26H34O4. The fourth-order valence-corrected chi connectivity index (χ4v) is 3.16. The molecule has 30 heavy (non-hydrogen) atoms. The van der Waals surface area contributed by atoms with E-state index in [4.69, 9.17) is 14.2 Å². The lowest BCUT2D eigenvalue weighted by molar-refractivity contribution is 0.104. The summed E-state index contributed by atoms with van der Waals surface area (Å²) in [5.41, 5.74) is 2.34. The number of ether oxygens (including phenoxy) is 3. The van der Waals surface area contributed by atoms with Gasteiger partial charge in [0, 0.05) is 11.1 Å². The number of hydrogen-bond acceptors (Lipinski definition) is 4. The Morgan fingerprint density at radius 3 is 1.80 bits per heavy atom. The minimum Gasteiger partial charge on any atom is -0.497 e. The van der Waals surface area contributed by atoms with Crippen LogP contribution in [0.5, 0.6) is 17.2 Å². The van der Waals surface area contributed by atoms with E-state index in [9.17, 15) is 4.79 Å². The highest BCUT2D eigenvalue weighted by Crippen LogP contribution is 2.41. The van der Waals surface area contributed by atoms with Gasteiger partial charge in [-0.25, -0.2) is 0 Å². The van der Waals surface area contributed by atoms with Crippen molar-refractivity contribution in [2.45, 2.75) is 66.1 Å². The Balaban J connectivity index is 2.45. The monoisotopic (exact) mass is 410 g/mol. The molecule has 2 aromatic carbocycles. The maximum absolute atomic E-state index is 12.6. The number of methoxy groups -OCH3 is 1. The molecule has 2 aromatic rings. The highest BCUT2D eigenvalue weighted by atomic mass is 16.5. The van der Waals surface area contributed by atoms with Crippen LogP contribution in [-0.2, 0) is 5.41 Å². The third-order valence-electron chi connectivity index (χ3n) is 4.37. The van der Waals surface area contributed by atoms with Crippen LogP contribution in [0.3, 0.4) is 0 Å². The zero-order valence-electron chi connectivity index (χ0n) is 19.4. The lowest BCUT2D eigenvalue weighted by Gasteiger charge is -2.28. The predicted molar refractivity (Wildman–Crippen MR) is 123 cm³/mol. The molecule has 0 spiro atoms. The van der Waals surface area contributed by atoms with Crippen molar-refractivity contribution in [2.24, 2.45) is 0 Å². The van der Waals surface area contributed by atoms with Crippen LogP contribution < -0.4 is 14.2 Å². The normalized spacial score (nSPS) is 11.9. The maximum atomic E-state index is 12.6. The number of ketones is 1. The number of rotatable bonds is 8. The van der Waals surface area contributed by atoms with Crippen molar-refractivity contribution in [1.82, 2.24) is 0 Å². The van der Waals surface area contributed by atoms with E-state index in [1.54, 1.807) is 43.5 Å². The second kappa shape index (κ2) is 9.84. The minimum absolute atomic E-state index is 0.0261. The molecule has 4 heteroatoms. The van der Waals surface area contributed by atoms with Crippen LogP contribution in [0.15, 0.2) is 42.5 Å².